The number of morpholine rings is 1. The quantitative estimate of drug-likeness (QED) is 0.663. The number of unbranched alkanes of at least 4 members (excludes halogenated alkanes) is 1. The third-order valence-corrected chi connectivity index (χ3v) is 5.19. The second kappa shape index (κ2) is 9.75. The summed E-state index contributed by atoms with van der Waals surface area (Å²) in [6, 6.07) is 5.36. The van der Waals surface area contributed by atoms with Crippen LogP contribution < -0.4 is 15.0 Å². The van der Waals surface area contributed by atoms with Gasteiger partial charge in [-0.2, -0.15) is 0 Å². The summed E-state index contributed by atoms with van der Waals surface area (Å²) in [7, 11) is 1.92. The number of ether oxygens (including phenoxy) is 2. The van der Waals surface area contributed by atoms with E-state index < -0.39 is 0 Å². The van der Waals surface area contributed by atoms with Gasteiger partial charge in [-0.1, -0.05) is 0 Å². The van der Waals surface area contributed by atoms with Crippen LogP contribution in [0.15, 0.2) is 18.2 Å². The summed E-state index contributed by atoms with van der Waals surface area (Å²) in [6.07, 6.45) is 1.76. The first kappa shape index (κ1) is 20.4. The van der Waals surface area contributed by atoms with Gasteiger partial charge in [0.25, 0.3) is 5.91 Å². The van der Waals surface area contributed by atoms with E-state index in [-0.39, 0.29) is 24.5 Å². The Morgan fingerprint density at radius 2 is 2.04 bits per heavy atom. The highest BCUT2D eigenvalue weighted by Crippen LogP contribution is 2.34. The van der Waals surface area contributed by atoms with Crippen LogP contribution in [0.1, 0.15) is 29.6 Å². The van der Waals surface area contributed by atoms with E-state index in [4.69, 9.17) is 14.6 Å². The molecule has 8 nitrogen and oxygen atoms in total. The predicted octanol–water partition coefficient (Wildman–Crippen LogP) is 0.635. The highest BCUT2D eigenvalue weighted by atomic mass is 16.5. The van der Waals surface area contributed by atoms with Crippen molar-refractivity contribution in [1.82, 2.24) is 10.2 Å². The van der Waals surface area contributed by atoms with Crippen molar-refractivity contribution in [2.75, 3.05) is 58.0 Å². The van der Waals surface area contributed by atoms with Crippen molar-refractivity contribution in [2.24, 2.45) is 0 Å². The number of aliphatic hydroxyl groups is 1. The van der Waals surface area contributed by atoms with E-state index in [1.165, 1.54) is 0 Å². The number of fused-ring (bicyclic) bond motifs is 1. The maximum atomic E-state index is 12.8. The fraction of sp³-hybridized carbons (Fsp3) is 0.600. The van der Waals surface area contributed by atoms with Crippen LogP contribution in [0, 0.1) is 0 Å². The van der Waals surface area contributed by atoms with Crippen molar-refractivity contribution >= 4 is 17.5 Å². The molecule has 1 aromatic carbocycles. The fourth-order valence-electron chi connectivity index (χ4n) is 3.44. The Hall–Kier alpha value is -2.32. The molecule has 2 heterocycles. The van der Waals surface area contributed by atoms with E-state index in [2.05, 4.69) is 5.32 Å². The molecule has 2 aliphatic rings. The molecule has 2 amide bonds. The van der Waals surface area contributed by atoms with Crippen molar-refractivity contribution < 1.29 is 24.2 Å². The van der Waals surface area contributed by atoms with Crippen LogP contribution in [-0.2, 0) is 9.53 Å². The van der Waals surface area contributed by atoms with Crippen LogP contribution in [0.25, 0.3) is 0 Å². The third kappa shape index (κ3) is 4.94. The number of rotatable bonds is 7. The molecule has 3 rings (SSSR count). The van der Waals surface area contributed by atoms with E-state index in [1.807, 2.05) is 24.1 Å². The van der Waals surface area contributed by atoms with Crippen molar-refractivity contribution in [3.8, 4) is 5.75 Å². The SMILES string of the molecule is CN1c2cc(C(=O)N3CCOCC3)ccc2OCC1CC(=O)NCCCCO. The lowest BCUT2D eigenvalue weighted by molar-refractivity contribution is -0.121. The summed E-state index contributed by atoms with van der Waals surface area (Å²) in [5.41, 5.74) is 1.44. The molecule has 1 aromatic rings. The summed E-state index contributed by atoms with van der Waals surface area (Å²) in [5.74, 6) is 0.672. The van der Waals surface area contributed by atoms with Gasteiger partial charge in [-0.3, -0.25) is 9.59 Å². The van der Waals surface area contributed by atoms with Crippen molar-refractivity contribution in [2.45, 2.75) is 25.3 Å². The minimum atomic E-state index is -0.0981. The number of hydrogen-bond acceptors (Lipinski definition) is 6. The third-order valence-electron chi connectivity index (χ3n) is 5.19. The first-order valence-electron chi connectivity index (χ1n) is 9.84. The van der Waals surface area contributed by atoms with Gasteiger partial charge in [0.2, 0.25) is 5.91 Å². The zero-order chi connectivity index (χ0) is 19.9. The number of aliphatic hydroxyl groups excluding tert-OH is 1. The number of benzene rings is 1. The maximum absolute atomic E-state index is 12.8. The Labute approximate surface area is 165 Å². The van der Waals surface area contributed by atoms with E-state index >= 15 is 0 Å². The lowest BCUT2D eigenvalue weighted by atomic mass is 10.1. The minimum absolute atomic E-state index is 0.0109. The topological polar surface area (TPSA) is 91.3 Å². The Balaban J connectivity index is 1.63. The molecular weight excluding hydrogens is 362 g/mol. The monoisotopic (exact) mass is 391 g/mol. The van der Waals surface area contributed by atoms with Crippen LogP contribution in [0.3, 0.4) is 0 Å². The molecule has 2 aliphatic heterocycles. The van der Waals surface area contributed by atoms with Crippen LogP contribution in [0.4, 0.5) is 5.69 Å². The van der Waals surface area contributed by atoms with E-state index in [0.29, 0.717) is 57.9 Å². The first-order chi connectivity index (χ1) is 13.6. The van der Waals surface area contributed by atoms with Gasteiger partial charge in [0, 0.05) is 38.9 Å². The fourth-order valence-corrected chi connectivity index (χ4v) is 3.44. The van der Waals surface area contributed by atoms with Crippen LogP contribution in [-0.4, -0.2) is 81.0 Å². The molecule has 0 aliphatic carbocycles. The average molecular weight is 391 g/mol. The smallest absolute Gasteiger partial charge is 0.254 e. The molecule has 1 atom stereocenters. The second-order valence-corrected chi connectivity index (χ2v) is 7.15. The van der Waals surface area contributed by atoms with Gasteiger partial charge >= 0.3 is 0 Å². The molecule has 0 bridgehead atoms. The lowest BCUT2D eigenvalue weighted by Gasteiger charge is -2.36. The second-order valence-electron chi connectivity index (χ2n) is 7.15. The Kier molecular flexibility index (Phi) is 7.11. The number of nitrogens with zero attached hydrogens (tertiary/aromatic N) is 2. The van der Waals surface area contributed by atoms with Crippen LogP contribution in [0.5, 0.6) is 5.75 Å². The number of anilines is 1. The van der Waals surface area contributed by atoms with E-state index in [1.54, 1.807) is 11.0 Å². The van der Waals surface area contributed by atoms with Gasteiger partial charge in [-0.25, -0.2) is 0 Å². The van der Waals surface area contributed by atoms with Gasteiger partial charge in [0.1, 0.15) is 12.4 Å². The van der Waals surface area contributed by atoms with Gasteiger partial charge < -0.3 is 29.7 Å². The number of carbonyl (C=O) groups excluding carboxylic acids is 2. The van der Waals surface area contributed by atoms with Crippen molar-refractivity contribution in [3.05, 3.63) is 23.8 Å². The Morgan fingerprint density at radius 1 is 1.25 bits per heavy atom. The number of amides is 2. The molecule has 2 N–H and O–H groups in total. The van der Waals surface area contributed by atoms with Gasteiger partial charge in [-0.15, -0.1) is 0 Å². The largest absolute Gasteiger partial charge is 0.489 e. The summed E-state index contributed by atoms with van der Waals surface area (Å²) >= 11 is 0. The predicted molar refractivity (Wildman–Crippen MR) is 105 cm³/mol. The van der Waals surface area contributed by atoms with Crippen molar-refractivity contribution in [1.29, 1.82) is 0 Å². The Morgan fingerprint density at radius 3 is 2.79 bits per heavy atom. The molecule has 0 spiro atoms. The van der Waals surface area contributed by atoms with E-state index in [9.17, 15) is 9.59 Å². The number of likely N-dealkylation sites (N-methyl/N-ethyl adjacent to an activating group) is 1. The summed E-state index contributed by atoms with van der Waals surface area (Å²) < 4.78 is 11.1. The molecule has 1 saturated heterocycles. The zero-order valence-electron chi connectivity index (χ0n) is 16.4. The number of hydrogen-bond donors (Lipinski definition) is 2. The van der Waals surface area contributed by atoms with Crippen LogP contribution >= 0.6 is 0 Å². The summed E-state index contributed by atoms with van der Waals surface area (Å²) in [4.78, 5) is 28.8. The van der Waals surface area contributed by atoms with E-state index in [0.717, 1.165) is 17.9 Å². The number of nitrogens with one attached hydrogen (secondary N) is 1. The molecule has 1 fully saturated rings. The molecule has 28 heavy (non-hydrogen) atoms. The molecule has 154 valence electrons. The molecule has 8 heteroatoms. The molecule has 0 aromatic heterocycles. The van der Waals surface area contributed by atoms with Gasteiger partial charge in [0.05, 0.1) is 31.4 Å². The van der Waals surface area contributed by atoms with Crippen LogP contribution in [0.2, 0.25) is 0 Å². The highest BCUT2D eigenvalue weighted by molar-refractivity contribution is 5.96. The molecular formula is C20H29N3O5. The summed E-state index contributed by atoms with van der Waals surface area (Å²) in [6.45, 7) is 3.44. The highest BCUT2D eigenvalue weighted by Gasteiger charge is 2.28. The molecule has 0 saturated carbocycles. The molecule has 1 unspecified atom stereocenters. The lowest BCUT2D eigenvalue weighted by Crippen LogP contribution is -2.44. The minimum Gasteiger partial charge on any atom is -0.489 e. The first-order valence-corrected chi connectivity index (χ1v) is 9.84. The summed E-state index contributed by atoms with van der Waals surface area (Å²) in [5, 5.41) is 11.7. The zero-order valence-corrected chi connectivity index (χ0v) is 16.4. The number of carbonyl (C=O) groups is 2. The molecule has 0 radical (unpaired) electrons. The normalized spacial score (nSPS) is 19.0. The van der Waals surface area contributed by atoms with Gasteiger partial charge in [-0.05, 0) is 31.0 Å². The Bertz CT molecular complexity index is 690. The van der Waals surface area contributed by atoms with Gasteiger partial charge in [0.15, 0.2) is 0 Å². The van der Waals surface area contributed by atoms with Crippen molar-refractivity contribution in [3.63, 3.8) is 0 Å². The average Bonchev–Trinajstić information content (AvgIpc) is 2.73. The maximum Gasteiger partial charge on any atom is 0.254 e. The standard InChI is InChI=1S/C20H29N3O5/c1-22-16(13-19(25)21-6-2-3-9-24)14-28-18-5-4-15(12-17(18)22)20(26)23-7-10-27-11-8-23/h4-5,12,16,24H,2-3,6-11,13-14H2,1H3,(H,21,25).